The van der Waals surface area contributed by atoms with Crippen LogP contribution in [-0.4, -0.2) is 22.3 Å². The van der Waals surface area contributed by atoms with E-state index in [9.17, 15) is 9.90 Å². The molecule has 0 saturated heterocycles. The molecule has 130 valence electrons. The third kappa shape index (κ3) is 18.3. The van der Waals surface area contributed by atoms with Crippen molar-refractivity contribution in [2.75, 3.05) is 0 Å². The number of hydrogen-bond acceptors (Lipinski definition) is 2. The Labute approximate surface area is 141 Å². The summed E-state index contributed by atoms with van der Waals surface area (Å²) in [5.74, 6) is -0.946. The Bertz CT molecular complexity index is 392. The standard InChI is InChI=1S/C20H32O3/c1-2-3-4-5-10-13-16-19(21)17-14-11-8-6-7-9-12-15-18-20(22)23/h6-9,11-12,15,18-19,21H,2-5,10,13-14,16-17H2,1H3,(H,22,23)/b7-6+,11-8+,12-9+,18-15+. The fraction of sp³-hybridized carbons (Fsp3) is 0.550. The van der Waals surface area contributed by atoms with Gasteiger partial charge in [0.2, 0.25) is 0 Å². The number of carboxylic acid groups (broad SMARTS) is 1. The molecule has 0 aliphatic carbocycles. The molecule has 0 rings (SSSR count). The molecular weight excluding hydrogens is 288 g/mol. The molecule has 0 aromatic heterocycles. The Balaban J connectivity index is 3.55. The molecule has 1 unspecified atom stereocenters. The number of allylic oxidation sites excluding steroid dienone is 7. The lowest BCUT2D eigenvalue weighted by molar-refractivity contribution is -0.131. The molecule has 2 N–H and O–H groups in total. The average Bonchev–Trinajstić information content (AvgIpc) is 2.52. The number of aliphatic hydroxyl groups is 1. The number of aliphatic carboxylic acids is 1. The van der Waals surface area contributed by atoms with Crippen LogP contribution in [0.25, 0.3) is 0 Å². The second kappa shape index (κ2) is 16.8. The molecule has 3 heteroatoms. The quantitative estimate of drug-likeness (QED) is 0.263. The lowest BCUT2D eigenvalue weighted by Gasteiger charge is -2.08. The monoisotopic (exact) mass is 320 g/mol. The van der Waals surface area contributed by atoms with Crippen LogP contribution in [0.5, 0.6) is 0 Å². The van der Waals surface area contributed by atoms with Gasteiger partial charge < -0.3 is 10.2 Å². The van der Waals surface area contributed by atoms with Crippen molar-refractivity contribution < 1.29 is 15.0 Å². The second-order valence-electron chi connectivity index (χ2n) is 5.68. The first-order valence-electron chi connectivity index (χ1n) is 8.74. The molecule has 0 aromatic carbocycles. The van der Waals surface area contributed by atoms with E-state index >= 15 is 0 Å². The average molecular weight is 320 g/mol. The normalized spacial score (nSPS) is 13.8. The van der Waals surface area contributed by atoms with Crippen LogP contribution in [0, 0.1) is 0 Å². The second-order valence-corrected chi connectivity index (χ2v) is 5.68. The smallest absolute Gasteiger partial charge is 0.328 e. The highest BCUT2D eigenvalue weighted by Gasteiger charge is 2.01. The van der Waals surface area contributed by atoms with Crippen molar-refractivity contribution in [3.63, 3.8) is 0 Å². The topological polar surface area (TPSA) is 57.5 Å². The first kappa shape index (κ1) is 21.4. The Kier molecular flexibility index (Phi) is 15.6. The number of hydrogen-bond donors (Lipinski definition) is 2. The lowest BCUT2D eigenvalue weighted by atomic mass is 10.0. The van der Waals surface area contributed by atoms with Gasteiger partial charge in [-0.2, -0.15) is 0 Å². The van der Waals surface area contributed by atoms with Gasteiger partial charge in [0, 0.05) is 6.08 Å². The van der Waals surface area contributed by atoms with E-state index in [0.29, 0.717) is 0 Å². The van der Waals surface area contributed by atoms with Gasteiger partial charge in [0.05, 0.1) is 6.10 Å². The van der Waals surface area contributed by atoms with Crippen LogP contribution in [0.15, 0.2) is 48.6 Å². The molecule has 3 nitrogen and oxygen atoms in total. The van der Waals surface area contributed by atoms with Gasteiger partial charge in [0.25, 0.3) is 0 Å². The Morgan fingerprint density at radius 3 is 2.17 bits per heavy atom. The fourth-order valence-corrected chi connectivity index (χ4v) is 2.16. The van der Waals surface area contributed by atoms with E-state index in [1.165, 1.54) is 38.2 Å². The predicted molar refractivity (Wildman–Crippen MR) is 97.4 cm³/mol. The van der Waals surface area contributed by atoms with Gasteiger partial charge in [-0.1, -0.05) is 88.0 Å². The summed E-state index contributed by atoms with van der Waals surface area (Å²) in [5, 5.41) is 18.3. The molecule has 0 saturated carbocycles. The number of aliphatic hydroxyl groups excluding tert-OH is 1. The van der Waals surface area contributed by atoms with Gasteiger partial charge in [-0.15, -0.1) is 0 Å². The Morgan fingerprint density at radius 2 is 1.48 bits per heavy atom. The van der Waals surface area contributed by atoms with Crippen molar-refractivity contribution >= 4 is 5.97 Å². The van der Waals surface area contributed by atoms with Crippen LogP contribution in [0.3, 0.4) is 0 Å². The third-order valence-electron chi connectivity index (χ3n) is 3.49. The first-order valence-corrected chi connectivity index (χ1v) is 8.74. The van der Waals surface area contributed by atoms with Crippen LogP contribution < -0.4 is 0 Å². The maximum absolute atomic E-state index is 10.2. The molecule has 0 radical (unpaired) electrons. The summed E-state index contributed by atoms with van der Waals surface area (Å²) in [7, 11) is 0. The molecule has 0 amide bonds. The molecule has 0 fully saturated rings. The number of unbranched alkanes of at least 4 members (excludes halogenated alkanes) is 5. The van der Waals surface area contributed by atoms with E-state index < -0.39 is 5.97 Å². The van der Waals surface area contributed by atoms with Gasteiger partial charge in [0.1, 0.15) is 0 Å². The first-order chi connectivity index (χ1) is 11.2. The third-order valence-corrected chi connectivity index (χ3v) is 3.49. The predicted octanol–water partition coefficient (Wildman–Crippen LogP) is 5.19. The van der Waals surface area contributed by atoms with Crippen LogP contribution in [0.2, 0.25) is 0 Å². The minimum Gasteiger partial charge on any atom is -0.478 e. The van der Waals surface area contributed by atoms with Crippen molar-refractivity contribution in [3.8, 4) is 0 Å². The molecule has 0 aliphatic rings. The largest absolute Gasteiger partial charge is 0.478 e. The molecule has 1 atom stereocenters. The zero-order valence-corrected chi connectivity index (χ0v) is 14.4. The van der Waals surface area contributed by atoms with Crippen LogP contribution in [0.4, 0.5) is 0 Å². The van der Waals surface area contributed by atoms with E-state index in [2.05, 4.69) is 6.92 Å². The lowest BCUT2D eigenvalue weighted by Crippen LogP contribution is -2.05. The molecule has 0 spiro atoms. The SMILES string of the molecule is CCCCCCCCC(O)CC/C=C/C=C/C=C/C=C/C(=O)O. The minimum atomic E-state index is -0.946. The number of carbonyl (C=O) groups is 1. The molecule has 0 aromatic rings. The van der Waals surface area contributed by atoms with E-state index in [4.69, 9.17) is 5.11 Å². The molecule has 0 aliphatic heterocycles. The number of rotatable bonds is 14. The van der Waals surface area contributed by atoms with Crippen molar-refractivity contribution in [3.05, 3.63) is 48.6 Å². The van der Waals surface area contributed by atoms with Gasteiger partial charge in [-0.3, -0.25) is 0 Å². The summed E-state index contributed by atoms with van der Waals surface area (Å²) in [5.41, 5.74) is 0. The maximum atomic E-state index is 10.2. The van der Waals surface area contributed by atoms with Crippen molar-refractivity contribution in [2.24, 2.45) is 0 Å². The highest BCUT2D eigenvalue weighted by molar-refractivity contribution is 5.80. The van der Waals surface area contributed by atoms with Crippen molar-refractivity contribution in [1.29, 1.82) is 0 Å². The summed E-state index contributed by atoms with van der Waals surface area (Å²) < 4.78 is 0. The van der Waals surface area contributed by atoms with Crippen LogP contribution in [0.1, 0.15) is 64.7 Å². The molecule has 0 heterocycles. The zero-order valence-electron chi connectivity index (χ0n) is 14.4. The summed E-state index contributed by atoms with van der Waals surface area (Å²) in [4.78, 5) is 10.2. The summed E-state index contributed by atoms with van der Waals surface area (Å²) in [6.45, 7) is 2.22. The van der Waals surface area contributed by atoms with Crippen molar-refractivity contribution in [1.82, 2.24) is 0 Å². The molecule has 23 heavy (non-hydrogen) atoms. The highest BCUT2D eigenvalue weighted by Crippen LogP contribution is 2.11. The van der Waals surface area contributed by atoms with Crippen LogP contribution >= 0.6 is 0 Å². The van der Waals surface area contributed by atoms with E-state index in [1.54, 1.807) is 12.2 Å². The van der Waals surface area contributed by atoms with Gasteiger partial charge in [-0.25, -0.2) is 4.79 Å². The van der Waals surface area contributed by atoms with E-state index in [0.717, 1.165) is 31.8 Å². The number of carboxylic acids is 1. The summed E-state index contributed by atoms with van der Waals surface area (Å²) in [6.07, 6.45) is 23.7. The van der Waals surface area contributed by atoms with E-state index in [1.807, 2.05) is 24.3 Å². The Morgan fingerprint density at radius 1 is 0.870 bits per heavy atom. The summed E-state index contributed by atoms with van der Waals surface area (Å²) >= 11 is 0. The minimum absolute atomic E-state index is 0.184. The Hall–Kier alpha value is -1.61. The van der Waals surface area contributed by atoms with Gasteiger partial charge in [-0.05, 0) is 19.3 Å². The van der Waals surface area contributed by atoms with Gasteiger partial charge >= 0.3 is 5.97 Å². The van der Waals surface area contributed by atoms with Crippen LogP contribution in [-0.2, 0) is 4.79 Å². The molecule has 0 bridgehead atoms. The van der Waals surface area contributed by atoms with Crippen molar-refractivity contribution in [2.45, 2.75) is 70.8 Å². The maximum Gasteiger partial charge on any atom is 0.328 e. The molecular formula is C20H32O3. The highest BCUT2D eigenvalue weighted by atomic mass is 16.4. The zero-order chi connectivity index (χ0) is 17.2. The van der Waals surface area contributed by atoms with E-state index in [-0.39, 0.29) is 6.10 Å². The fourth-order valence-electron chi connectivity index (χ4n) is 2.16. The summed E-state index contributed by atoms with van der Waals surface area (Å²) in [6, 6.07) is 0. The van der Waals surface area contributed by atoms with Gasteiger partial charge in [0.15, 0.2) is 0 Å².